The zero-order valence-corrected chi connectivity index (χ0v) is 10.6. The van der Waals surface area contributed by atoms with Crippen LogP contribution in [0.25, 0.3) is 10.2 Å². The summed E-state index contributed by atoms with van der Waals surface area (Å²) < 4.78 is 24.5. The number of nitrogens with zero attached hydrogens (tertiary/aromatic N) is 1. The van der Waals surface area contributed by atoms with Gasteiger partial charge >= 0.3 is 0 Å². The van der Waals surface area contributed by atoms with Gasteiger partial charge in [0.05, 0.1) is 16.0 Å². The van der Waals surface area contributed by atoms with Crippen LogP contribution in [-0.2, 0) is 9.84 Å². The predicted molar refractivity (Wildman–Crippen MR) is 67.8 cm³/mol. The lowest BCUT2D eigenvalue weighted by molar-refractivity contribution is 0.295. The molecule has 1 aromatic heterocycles. The Morgan fingerprint density at radius 3 is 2.88 bits per heavy atom. The molecule has 0 aliphatic rings. The van der Waals surface area contributed by atoms with Gasteiger partial charge in [0.25, 0.3) is 0 Å². The highest BCUT2D eigenvalue weighted by Crippen LogP contribution is 2.27. The number of thiazole rings is 1. The molecular weight excluding hydrogens is 260 g/mol. The number of aliphatic hydroxyl groups excluding tert-OH is 1. The minimum atomic E-state index is -3.39. The Kier molecular flexibility index (Phi) is 3.32. The van der Waals surface area contributed by atoms with Crippen molar-refractivity contribution < 1.29 is 13.5 Å². The number of nitrogens with two attached hydrogens (primary N) is 1. The maximum atomic E-state index is 11.9. The Hall–Kier alpha value is -1.18. The number of fused-ring (bicyclic) bond motifs is 1. The predicted octanol–water partition coefficient (Wildman–Crippen LogP) is 1.03. The van der Waals surface area contributed by atoms with E-state index in [1.54, 1.807) is 18.2 Å². The number of rotatable bonds is 4. The first-order chi connectivity index (χ1) is 8.03. The van der Waals surface area contributed by atoms with Crippen LogP contribution in [0.1, 0.15) is 6.42 Å². The first-order valence-corrected chi connectivity index (χ1v) is 7.49. The Morgan fingerprint density at radius 2 is 2.18 bits per heavy atom. The summed E-state index contributed by atoms with van der Waals surface area (Å²) in [7, 11) is -3.39. The van der Waals surface area contributed by atoms with Gasteiger partial charge in [0.1, 0.15) is 0 Å². The van der Waals surface area contributed by atoms with Crippen LogP contribution in [0.2, 0.25) is 0 Å². The molecule has 0 amide bonds. The van der Waals surface area contributed by atoms with E-state index in [2.05, 4.69) is 4.98 Å². The van der Waals surface area contributed by atoms with Gasteiger partial charge in [-0.15, -0.1) is 11.3 Å². The lowest BCUT2D eigenvalue weighted by Crippen LogP contribution is -2.07. The summed E-state index contributed by atoms with van der Waals surface area (Å²) in [5.74, 6) is -0.0845. The van der Waals surface area contributed by atoms with Gasteiger partial charge in [0.2, 0.25) is 14.2 Å². The van der Waals surface area contributed by atoms with Crippen molar-refractivity contribution in [1.29, 1.82) is 0 Å². The van der Waals surface area contributed by atoms with Crippen LogP contribution in [0.15, 0.2) is 22.5 Å². The lowest BCUT2D eigenvalue weighted by Gasteiger charge is -1.96. The average Bonchev–Trinajstić information content (AvgIpc) is 2.70. The first kappa shape index (κ1) is 12.3. The topological polar surface area (TPSA) is 93.3 Å². The molecule has 2 rings (SSSR count). The van der Waals surface area contributed by atoms with Crippen LogP contribution in [0.3, 0.4) is 0 Å². The quantitative estimate of drug-likeness (QED) is 0.811. The third-order valence-corrected chi connectivity index (χ3v) is 5.50. The van der Waals surface area contributed by atoms with Crippen molar-refractivity contribution in [3.05, 3.63) is 18.2 Å². The Morgan fingerprint density at radius 1 is 1.41 bits per heavy atom. The number of sulfone groups is 1. The Labute approximate surface area is 103 Å². The molecule has 1 heterocycles. The van der Waals surface area contributed by atoms with Crippen molar-refractivity contribution in [2.75, 3.05) is 18.1 Å². The van der Waals surface area contributed by atoms with E-state index in [1.807, 2.05) is 0 Å². The summed E-state index contributed by atoms with van der Waals surface area (Å²) in [6.07, 6.45) is 0.223. The molecule has 0 bridgehead atoms. The molecule has 3 N–H and O–H groups in total. The largest absolute Gasteiger partial charge is 0.399 e. The van der Waals surface area contributed by atoms with Gasteiger partial charge in [-0.3, -0.25) is 0 Å². The van der Waals surface area contributed by atoms with E-state index >= 15 is 0 Å². The lowest BCUT2D eigenvalue weighted by atomic mass is 10.3. The molecule has 0 spiro atoms. The molecular formula is C10H12N2O3S2. The van der Waals surface area contributed by atoms with Crippen LogP contribution in [-0.4, -0.2) is 30.9 Å². The average molecular weight is 272 g/mol. The molecule has 0 radical (unpaired) electrons. The van der Waals surface area contributed by atoms with Gasteiger partial charge in [0, 0.05) is 12.3 Å². The molecule has 0 fully saturated rings. The van der Waals surface area contributed by atoms with Crippen molar-refractivity contribution in [2.24, 2.45) is 0 Å². The first-order valence-electron chi connectivity index (χ1n) is 5.02. The molecule has 5 nitrogen and oxygen atoms in total. The highest BCUT2D eigenvalue weighted by molar-refractivity contribution is 7.93. The van der Waals surface area contributed by atoms with Crippen LogP contribution < -0.4 is 5.73 Å². The SMILES string of the molecule is Nc1ccc2nc(S(=O)(=O)CCCO)sc2c1. The van der Waals surface area contributed by atoms with Gasteiger partial charge in [-0.05, 0) is 24.6 Å². The minimum absolute atomic E-state index is 0.0845. The number of benzene rings is 1. The van der Waals surface area contributed by atoms with Crippen molar-refractivity contribution in [1.82, 2.24) is 4.98 Å². The molecule has 92 valence electrons. The van der Waals surface area contributed by atoms with Gasteiger partial charge in [-0.2, -0.15) is 0 Å². The second-order valence-electron chi connectivity index (χ2n) is 3.60. The zero-order chi connectivity index (χ0) is 12.5. The molecule has 0 saturated carbocycles. The second-order valence-corrected chi connectivity index (χ2v) is 6.92. The summed E-state index contributed by atoms with van der Waals surface area (Å²) in [6, 6.07) is 5.09. The van der Waals surface area contributed by atoms with E-state index in [0.29, 0.717) is 11.2 Å². The minimum Gasteiger partial charge on any atom is -0.399 e. The molecule has 2 aromatic rings. The van der Waals surface area contributed by atoms with Gasteiger partial charge in [-0.25, -0.2) is 13.4 Å². The smallest absolute Gasteiger partial charge is 0.210 e. The van der Waals surface area contributed by atoms with Gasteiger partial charge in [0.15, 0.2) is 0 Å². The maximum Gasteiger partial charge on any atom is 0.210 e. The van der Waals surface area contributed by atoms with E-state index in [0.717, 1.165) is 16.0 Å². The summed E-state index contributed by atoms with van der Waals surface area (Å²) >= 11 is 1.11. The standard InChI is InChI=1S/C10H12N2O3S2/c11-7-2-3-8-9(6-7)16-10(12-8)17(14,15)5-1-4-13/h2-3,6,13H,1,4-5,11H2. The van der Waals surface area contributed by atoms with Crippen molar-refractivity contribution >= 4 is 37.1 Å². The normalized spacial score (nSPS) is 12.1. The third-order valence-electron chi connectivity index (χ3n) is 2.23. The van der Waals surface area contributed by atoms with E-state index in [1.165, 1.54) is 0 Å². The number of aromatic nitrogens is 1. The van der Waals surface area contributed by atoms with Crippen molar-refractivity contribution in [2.45, 2.75) is 10.8 Å². The third kappa shape index (κ3) is 2.56. The molecule has 0 aliphatic carbocycles. The molecule has 0 aliphatic heterocycles. The molecule has 7 heteroatoms. The number of aliphatic hydroxyl groups is 1. The fourth-order valence-corrected chi connectivity index (χ4v) is 4.09. The fraction of sp³-hybridized carbons (Fsp3) is 0.300. The van der Waals surface area contributed by atoms with E-state index < -0.39 is 9.84 Å². The molecule has 0 saturated heterocycles. The Bertz CT molecular complexity index is 634. The van der Waals surface area contributed by atoms with Gasteiger partial charge in [-0.1, -0.05) is 0 Å². The van der Waals surface area contributed by atoms with Crippen LogP contribution >= 0.6 is 11.3 Å². The number of hydrogen-bond acceptors (Lipinski definition) is 6. The number of nitrogen functional groups attached to an aromatic ring is 1. The highest BCUT2D eigenvalue weighted by atomic mass is 32.2. The summed E-state index contributed by atoms with van der Waals surface area (Å²) in [4.78, 5) is 4.07. The van der Waals surface area contributed by atoms with E-state index in [9.17, 15) is 8.42 Å². The fourth-order valence-electron chi connectivity index (χ4n) is 1.39. The van der Waals surface area contributed by atoms with Crippen LogP contribution in [0, 0.1) is 0 Å². The summed E-state index contributed by atoms with van der Waals surface area (Å²) in [5.41, 5.74) is 6.83. The van der Waals surface area contributed by atoms with E-state index in [-0.39, 0.29) is 23.1 Å². The van der Waals surface area contributed by atoms with Crippen molar-refractivity contribution in [3.63, 3.8) is 0 Å². The summed E-state index contributed by atoms with van der Waals surface area (Å²) in [5, 5.41) is 8.65. The monoisotopic (exact) mass is 272 g/mol. The Balaban J connectivity index is 2.43. The molecule has 0 unspecified atom stereocenters. The van der Waals surface area contributed by atoms with Crippen LogP contribution in [0.4, 0.5) is 5.69 Å². The van der Waals surface area contributed by atoms with Gasteiger partial charge < -0.3 is 10.8 Å². The molecule has 0 atom stereocenters. The van der Waals surface area contributed by atoms with Crippen LogP contribution in [0.5, 0.6) is 0 Å². The second kappa shape index (κ2) is 4.59. The zero-order valence-electron chi connectivity index (χ0n) is 8.96. The maximum absolute atomic E-state index is 11.9. The molecule has 1 aromatic carbocycles. The summed E-state index contributed by atoms with van der Waals surface area (Å²) in [6.45, 7) is -0.142. The highest BCUT2D eigenvalue weighted by Gasteiger charge is 2.19. The van der Waals surface area contributed by atoms with Crippen molar-refractivity contribution in [3.8, 4) is 0 Å². The molecule has 17 heavy (non-hydrogen) atoms. The number of hydrogen-bond donors (Lipinski definition) is 2. The number of anilines is 1. The van der Waals surface area contributed by atoms with E-state index in [4.69, 9.17) is 10.8 Å².